The zero-order chi connectivity index (χ0) is 18.4. The van der Waals surface area contributed by atoms with Crippen molar-refractivity contribution in [2.45, 2.75) is 37.0 Å². The van der Waals surface area contributed by atoms with E-state index in [1.54, 1.807) is 0 Å². The van der Waals surface area contributed by atoms with Crippen LogP contribution >= 0.6 is 0 Å². The Morgan fingerprint density at radius 2 is 1.92 bits per heavy atom. The van der Waals surface area contributed by atoms with Crippen molar-refractivity contribution in [2.75, 3.05) is 24.7 Å². The van der Waals surface area contributed by atoms with Crippen LogP contribution in [0, 0.1) is 16.0 Å². The van der Waals surface area contributed by atoms with Crippen molar-refractivity contribution in [1.82, 2.24) is 5.32 Å². The first kappa shape index (κ1) is 19.2. The molecule has 0 radical (unpaired) electrons. The number of anilines is 1. The van der Waals surface area contributed by atoms with Crippen molar-refractivity contribution < 1.29 is 18.1 Å². The average molecular weight is 369 g/mol. The van der Waals surface area contributed by atoms with Gasteiger partial charge in [-0.05, 0) is 25.0 Å². The van der Waals surface area contributed by atoms with Crippen molar-refractivity contribution in [1.29, 1.82) is 0 Å². The maximum absolute atomic E-state index is 12.0. The van der Waals surface area contributed by atoms with E-state index in [2.05, 4.69) is 10.6 Å². The van der Waals surface area contributed by atoms with E-state index >= 15 is 0 Å². The largest absolute Gasteiger partial charge is 0.378 e. The molecule has 1 amide bonds. The number of benzene rings is 1. The van der Waals surface area contributed by atoms with Crippen molar-refractivity contribution in [3.63, 3.8) is 0 Å². The number of nitro benzene ring substituents is 1. The third-order valence-corrected chi connectivity index (χ3v) is 5.42. The van der Waals surface area contributed by atoms with E-state index in [9.17, 15) is 23.3 Å². The summed E-state index contributed by atoms with van der Waals surface area (Å²) in [5, 5.41) is 16.9. The fraction of sp³-hybridized carbons (Fsp3) is 0.562. The van der Waals surface area contributed by atoms with E-state index in [0.717, 1.165) is 38.0 Å². The second kappa shape index (κ2) is 8.28. The Labute approximate surface area is 147 Å². The molecule has 0 heterocycles. The van der Waals surface area contributed by atoms with Gasteiger partial charge in [-0.25, -0.2) is 8.42 Å². The topological polar surface area (TPSA) is 118 Å². The molecule has 25 heavy (non-hydrogen) atoms. The number of nitrogens with one attached hydrogen (secondary N) is 2. The van der Waals surface area contributed by atoms with Crippen molar-refractivity contribution in [3.05, 3.63) is 28.3 Å². The summed E-state index contributed by atoms with van der Waals surface area (Å²) in [6.07, 6.45) is 6.16. The Morgan fingerprint density at radius 3 is 2.52 bits per heavy atom. The van der Waals surface area contributed by atoms with Crippen LogP contribution in [0.3, 0.4) is 0 Å². The summed E-state index contributed by atoms with van der Waals surface area (Å²) in [5.74, 6) is 0.0977. The molecule has 1 fully saturated rings. The van der Waals surface area contributed by atoms with Gasteiger partial charge in [0.15, 0.2) is 9.84 Å². The zero-order valence-corrected chi connectivity index (χ0v) is 15.0. The van der Waals surface area contributed by atoms with Gasteiger partial charge in [-0.15, -0.1) is 0 Å². The second-order valence-corrected chi connectivity index (χ2v) is 8.28. The highest BCUT2D eigenvalue weighted by Crippen LogP contribution is 2.27. The summed E-state index contributed by atoms with van der Waals surface area (Å²) < 4.78 is 23.0. The summed E-state index contributed by atoms with van der Waals surface area (Å²) in [6.45, 7) is 0.665. The predicted molar refractivity (Wildman–Crippen MR) is 94.3 cm³/mol. The summed E-state index contributed by atoms with van der Waals surface area (Å²) in [6, 6.07) is 3.74. The van der Waals surface area contributed by atoms with Crippen molar-refractivity contribution in [2.24, 2.45) is 5.92 Å². The first-order valence-electron chi connectivity index (χ1n) is 8.29. The molecule has 0 aromatic heterocycles. The molecule has 138 valence electrons. The van der Waals surface area contributed by atoms with Gasteiger partial charge in [-0.1, -0.05) is 19.3 Å². The molecule has 0 unspecified atom stereocenters. The number of nitro groups is 1. The van der Waals surface area contributed by atoms with Gasteiger partial charge in [0.2, 0.25) is 5.91 Å². The molecule has 1 aliphatic carbocycles. The Hall–Kier alpha value is -2.16. The Morgan fingerprint density at radius 1 is 1.24 bits per heavy atom. The number of carbonyl (C=O) groups is 1. The highest BCUT2D eigenvalue weighted by Gasteiger charge is 2.21. The molecule has 2 N–H and O–H groups in total. The van der Waals surface area contributed by atoms with E-state index in [4.69, 9.17) is 0 Å². The van der Waals surface area contributed by atoms with E-state index < -0.39 is 14.8 Å². The molecule has 0 aliphatic heterocycles. The zero-order valence-electron chi connectivity index (χ0n) is 14.2. The van der Waals surface area contributed by atoms with Gasteiger partial charge in [-0.2, -0.15) is 0 Å². The number of hydrogen-bond acceptors (Lipinski definition) is 6. The van der Waals surface area contributed by atoms with Crippen LogP contribution in [0.2, 0.25) is 0 Å². The van der Waals surface area contributed by atoms with E-state index in [-0.39, 0.29) is 28.1 Å². The van der Waals surface area contributed by atoms with Crippen LogP contribution < -0.4 is 10.6 Å². The SMILES string of the molecule is CS(=O)(=O)c1ccc(NCCNC(=O)C2CCCCC2)c([N+](=O)[O-])c1. The molecule has 2 rings (SSSR count). The molecule has 0 bridgehead atoms. The van der Waals surface area contributed by atoms with E-state index in [1.807, 2.05) is 0 Å². The fourth-order valence-corrected chi connectivity index (χ4v) is 3.58. The van der Waals surface area contributed by atoms with Crippen LogP contribution in [0.1, 0.15) is 32.1 Å². The van der Waals surface area contributed by atoms with Gasteiger partial charge in [0.1, 0.15) is 5.69 Å². The lowest BCUT2D eigenvalue weighted by molar-refractivity contribution is -0.384. The number of sulfone groups is 1. The van der Waals surface area contributed by atoms with E-state index in [0.29, 0.717) is 13.1 Å². The first-order chi connectivity index (χ1) is 11.8. The predicted octanol–water partition coefficient (Wildman–Crippen LogP) is 2.11. The Balaban J connectivity index is 1.91. The molecule has 1 saturated carbocycles. The molecule has 1 aromatic rings. The lowest BCUT2D eigenvalue weighted by Crippen LogP contribution is -2.35. The minimum absolute atomic E-state index is 0.0309. The molecule has 1 aromatic carbocycles. The summed E-state index contributed by atoms with van der Waals surface area (Å²) >= 11 is 0. The monoisotopic (exact) mass is 369 g/mol. The van der Waals surface area contributed by atoms with Gasteiger partial charge in [0.25, 0.3) is 5.69 Å². The lowest BCUT2D eigenvalue weighted by atomic mass is 9.89. The molecule has 8 nitrogen and oxygen atoms in total. The minimum atomic E-state index is -3.51. The molecule has 0 saturated heterocycles. The normalized spacial score (nSPS) is 15.6. The van der Waals surface area contributed by atoms with Crippen LogP contribution in [0.5, 0.6) is 0 Å². The molecule has 0 spiro atoms. The van der Waals surface area contributed by atoms with Crippen LogP contribution in [0.25, 0.3) is 0 Å². The van der Waals surface area contributed by atoms with Crippen molar-refractivity contribution in [3.8, 4) is 0 Å². The van der Waals surface area contributed by atoms with Gasteiger partial charge in [0.05, 0.1) is 9.82 Å². The number of hydrogen-bond donors (Lipinski definition) is 2. The summed E-state index contributed by atoms with van der Waals surface area (Å²) in [5.41, 5.74) is -0.0779. The van der Waals surface area contributed by atoms with E-state index in [1.165, 1.54) is 18.6 Å². The smallest absolute Gasteiger partial charge is 0.293 e. The molecule has 0 atom stereocenters. The second-order valence-electron chi connectivity index (χ2n) is 6.26. The number of nitrogens with zero attached hydrogens (tertiary/aromatic N) is 1. The standard InChI is InChI=1S/C16H23N3O5S/c1-25(23,24)13-7-8-14(15(11-13)19(21)22)17-9-10-18-16(20)12-5-3-2-4-6-12/h7-8,11-12,17H,2-6,9-10H2,1H3,(H,18,20). The van der Waals surface area contributed by atoms with Crippen LogP contribution in [-0.4, -0.2) is 38.6 Å². The summed E-state index contributed by atoms with van der Waals surface area (Å²) in [4.78, 5) is 22.4. The fourth-order valence-electron chi connectivity index (χ4n) is 2.93. The highest BCUT2D eigenvalue weighted by molar-refractivity contribution is 7.90. The Bertz CT molecular complexity index is 742. The summed E-state index contributed by atoms with van der Waals surface area (Å²) in [7, 11) is -3.51. The lowest BCUT2D eigenvalue weighted by Gasteiger charge is -2.20. The minimum Gasteiger partial charge on any atom is -0.378 e. The average Bonchev–Trinajstić information content (AvgIpc) is 2.58. The quantitative estimate of drug-likeness (QED) is 0.432. The first-order valence-corrected chi connectivity index (χ1v) is 10.2. The van der Waals surface area contributed by atoms with Gasteiger partial charge in [-0.3, -0.25) is 14.9 Å². The van der Waals surface area contributed by atoms with Gasteiger partial charge < -0.3 is 10.6 Å². The highest BCUT2D eigenvalue weighted by atomic mass is 32.2. The maximum atomic E-state index is 12.0. The molecule has 1 aliphatic rings. The van der Waals surface area contributed by atoms with Crippen molar-refractivity contribution >= 4 is 27.1 Å². The van der Waals surface area contributed by atoms with Crippen LogP contribution in [0.4, 0.5) is 11.4 Å². The van der Waals surface area contributed by atoms with Gasteiger partial charge >= 0.3 is 0 Å². The molecular weight excluding hydrogens is 346 g/mol. The number of carbonyl (C=O) groups excluding carboxylic acids is 1. The number of amides is 1. The van der Waals surface area contributed by atoms with Crippen LogP contribution in [-0.2, 0) is 14.6 Å². The molecule has 9 heteroatoms. The third kappa shape index (κ3) is 5.42. The van der Waals surface area contributed by atoms with Gasteiger partial charge in [0, 0.05) is 31.3 Å². The molecular formula is C16H23N3O5S. The Kier molecular flexibility index (Phi) is 6.35. The number of rotatable bonds is 7. The van der Waals surface area contributed by atoms with Crippen LogP contribution in [0.15, 0.2) is 23.1 Å². The third-order valence-electron chi connectivity index (χ3n) is 4.31. The maximum Gasteiger partial charge on any atom is 0.293 e.